The number of nitrogens with one attached hydrogen (secondary N) is 1. The highest BCUT2D eigenvalue weighted by Crippen LogP contribution is 1.98. The van der Waals surface area contributed by atoms with Crippen molar-refractivity contribution in [3.8, 4) is 0 Å². The first kappa shape index (κ1) is 12.2. The Kier molecular flexibility index (Phi) is 7.87. The smallest absolute Gasteiger partial charge is 0.0919 e. The van der Waals surface area contributed by atoms with Crippen molar-refractivity contribution in [3.05, 3.63) is 18.7 Å². The Morgan fingerprint density at radius 3 is 1.53 bits per heavy atom. The van der Waals surface area contributed by atoms with E-state index in [-0.39, 0.29) is 0 Å². The van der Waals surface area contributed by atoms with Gasteiger partial charge < -0.3 is 14.5 Å². The van der Waals surface area contributed by atoms with Crippen LogP contribution in [0.2, 0.25) is 0 Å². The first-order valence-electron chi connectivity index (χ1n) is 5.58. The van der Waals surface area contributed by atoms with Crippen LogP contribution in [-0.2, 0) is 9.47 Å². The second-order valence-corrected chi connectivity index (χ2v) is 3.40. The zero-order valence-electron chi connectivity index (χ0n) is 9.15. The van der Waals surface area contributed by atoms with Gasteiger partial charge in [0.15, 0.2) is 0 Å². The SMILES string of the molecule is C1CCOC1.C1CCOC1.c1c[nH]cn1. The Bertz CT molecular complexity index is 152. The molecule has 2 aliphatic rings. The predicted molar refractivity (Wildman–Crippen MR) is 58.7 cm³/mol. The number of hydrogen-bond donors (Lipinski definition) is 1. The van der Waals surface area contributed by atoms with Crippen molar-refractivity contribution >= 4 is 0 Å². The molecule has 2 saturated heterocycles. The lowest BCUT2D eigenvalue weighted by Crippen LogP contribution is -1.74. The van der Waals surface area contributed by atoms with Crippen molar-refractivity contribution in [1.82, 2.24) is 9.97 Å². The van der Waals surface area contributed by atoms with Crippen molar-refractivity contribution in [2.75, 3.05) is 26.4 Å². The first-order chi connectivity index (χ1) is 7.50. The molecule has 86 valence electrons. The Morgan fingerprint density at radius 2 is 1.40 bits per heavy atom. The van der Waals surface area contributed by atoms with Gasteiger partial charge in [0.2, 0.25) is 0 Å². The molecular formula is C11H20N2O2. The van der Waals surface area contributed by atoms with Gasteiger partial charge >= 0.3 is 0 Å². The van der Waals surface area contributed by atoms with E-state index in [1.165, 1.54) is 25.7 Å². The zero-order valence-corrected chi connectivity index (χ0v) is 9.15. The number of aromatic nitrogens is 2. The van der Waals surface area contributed by atoms with E-state index in [2.05, 4.69) is 9.97 Å². The van der Waals surface area contributed by atoms with Crippen LogP contribution in [0.5, 0.6) is 0 Å². The molecule has 0 atom stereocenters. The van der Waals surface area contributed by atoms with E-state index in [0.29, 0.717) is 0 Å². The van der Waals surface area contributed by atoms with Crippen molar-refractivity contribution in [3.63, 3.8) is 0 Å². The van der Waals surface area contributed by atoms with E-state index in [0.717, 1.165) is 26.4 Å². The van der Waals surface area contributed by atoms with Crippen LogP contribution in [0.25, 0.3) is 0 Å². The molecule has 3 heterocycles. The van der Waals surface area contributed by atoms with Gasteiger partial charge in [-0.25, -0.2) is 4.98 Å². The van der Waals surface area contributed by atoms with Gasteiger partial charge in [0.05, 0.1) is 6.33 Å². The van der Waals surface area contributed by atoms with E-state index in [1.54, 1.807) is 18.7 Å². The maximum atomic E-state index is 4.94. The second-order valence-electron chi connectivity index (χ2n) is 3.40. The molecule has 1 aromatic heterocycles. The number of imidazole rings is 1. The van der Waals surface area contributed by atoms with E-state index in [9.17, 15) is 0 Å². The van der Waals surface area contributed by atoms with Crippen molar-refractivity contribution < 1.29 is 9.47 Å². The van der Waals surface area contributed by atoms with Crippen LogP contribution in [0.15, 0.2) is 18.7 Å². The van der Waals surface area contributed by atoms with E-state index >= 15 is 0 Å². The molecule has 0 spiro atoms. The fourth-order valence-electron chi connectivity index (χ4n) is 1.24. The molecule has 0 aliphatic carbocycles. The van der Waals surface area contributed by atoms with Crippen LogP contribution in [0.1, 0.15) is 25.7 Å². The second kappa shape index (κ2) is 9.68. The van der Waals surface area contributed by atoms with Gasteiger partial charge in [-0.05, 0) is 25.7 Å². The topological polar surface area (TPSA) is 47.1 Å². The minimum absolute atomic E-state index is 1.00. The van der Waals surface area contributed by atoms with Crippen LogP contribution in [-0.4, -0.2) is 36.4 Å². The maximum Gasteiger partial charge on any atom is 0.0919 e. The number of rotatable bonds is 0. The molecule has 1 aromatic rings. The van der Waals surface area contributed by atoms with E-state index in [4.69, 9.17) is 9.47 Å². The Labute approximate surface area is 91.0 Å². The third-order valence-electron chi connectivity index (χ3n) is 2.06. The molecule has 15 heavy (non-hydrogen) atoms. The van der Waals surface area contributed by atoms with Crippen LogP contribution in [0.4, 0.5) is 0 Å². The quantitative estimate of drug-likeness (QED) is 0.715. The highest BCUT2D eigenvalue weighted by Gasteiger charge is 1.95. The highest BCUT2D eigenvalue weighted by atomic mass is 16.5. The molecular weight excluding hydrogens is 192 g/mol. The van der Waals surface area contributed by atoms with Crippen molar-refractivity contribution in [1.29, 1.82) is 0 Å². The Morgan fingerprint density at radius 1 is 0.867 bits per heavy atom. The van der Waals surface area contributed by atoms with Crippen LogP contribution >= 0.6 is 0 Å². The molecule has 0 bridgehead atoms. The fraction of sp³-hybridized carbons (Fsp3) is 0.727. The van der Waals surface area contributed by atoms with Crippen molar-refractivity contribution in [2.24, 2.45) is 0 Å². The first-order valence-corrected chi connectivity index (χ1v) is 5.58. The number of nitrogens with zero attached hydrogens (tertiary/aromatic N) is 1. The number of H-pyrrole nitrogens is 1. The molecule has 2 fully saturated rings. The molecule has 0 saturated carbocycles. The maximum absolute atomic E-state index is 4.94. The lowest BCUT2D eigenvalue weighted by molar-refractivity contribution is 0.198. The van der Waals surface area contributed by atoms with E-state index in [1.807, 2.05) is 0 Å². The van der Waals surface area contributed by atoms with Gasteiger partial charge in [0.25, 0.3) is 0 Å². The number of hydrogen-bond acceptors (Lipinski definition) is 3. The third-order valence-corrected chi connectivity index (χ3v) is 2.06. The van der Waals surface area contributed by atoms with Gasteiger partial charge in [0.1, 0.15) is 0 Å². The largest absolute Gasteiger partial charge is 0.381 e. The lowest BCUT2D eigenvalue weighted by Gasteiger charge is -1.76. The van der Waals surface area contributed by atoms with Gasteiger partial charge in [-0.1, -0.05) is 0 Å². The van der Waals surface area contributed by atoms with Crippen LogP contribution in [0.3, 0.4) is 0 Å². The summed E-state index contributed by atoms with van der Waals surface area (Å²) >= 11 is 0. The molecule has 0 aromatic carbocycles. The summed E-state index contributed by atoms with van der Waals surface area (Å²) in [5.41, 5.74) is 0. The summed E-state index contributed by atoms with van der Waals surface area (Å²) in [5.74, 6) is 0. The molecule has 0 radical (unpaired) electrons. The molecule has 4 nitrogen and oxygen atoms in total. The third kappa shape index (κ3) is 8.15. The normalized spacial score (nSPS) is 18.7. The summed E-state index contributed by atoms with van der Waals surface area (Å²) in [6.07, 6.45) is 10.2. The molecule has 1 N–H and O–H groups in total. The minimum atomic E-state index is 1.00. The van der Waals surface area contributed by atoms with Gasteiger partial charge in [-0.15, -0.1) is 0 Å². The standard InChI is InChI=1S/2C4H8O.C3H4N2/c2*1-2-4-5-3-1;1-2-5-3-4-1/h2*1-4H2;1-3H,(H,4,5). The highest BCUT2D eigenvalue weighted by molar-refractivity contribution is 4.64. The van der Waals surface area contributed by atoms with Gasteiger partial charge in [-0.3, -0.25) is 0 Å². The summed E-state index contributed by atoms with van der Waals surface area (Å²) in [4.78, 5) is 6.42. The van der Waals surface area contributed by atoms with Crippen molar-refractivity contribution in [2.45, 2.75) is 25.7 Å². The summed E-state index contributed by atoms with van der Waals surface area (Å²) in [7, 11) is 0. The van der Waals surface area contributed by atoms with Gasteiger partial charge in [-0.2, -0.15) is 0 Å². The molecule has 0 unspecified atom stereocenters. The molecule has 4 heteroatoms. The van der Waals surface area contributed by atoms with Gasteiger partial charge in [0, 0.05) is 38.8 Å². The lowest BCUT2D eigenvalue weighted by atomic mass is 10.4. The molecule has 3 rings (SSSR count). The summed E-state index contributed by atoms with van der Waals surface area (Å²) in [6.45, 7) is 4.00. The summed E-state index contributed by atoms with van der Waals surface area (Å²) in [6, 6.07) is 0. The Hall–Kier alpha value is -0.870. The zero-order chi connectivity index (χ0) is 10.6. The monoisotopic (exact) mass is 212 g/mol. The summed E-state index contributed by atoms with van der Waals surface area (Å²) < 4.78 is 9.89. The van der Waals surface area contributed by atoms with E-state index < -0.39 is 0 Å². The average molecular weight is 212 g/mol. The average Bonchev–Trinajstić information content (AvgIpc) is 3.09. The van der Waals surface area contributed by atoms with Crippen LogP contribution in [0, 0.1) is 0 Å². The molecule has 0 amide bonds. The Balaban J connectivity index is 0.000000112. The fourth-order valence-corrected chi connectivity index (χ4v) is 1.24. The summed E-state index contributed by atoms with van der Waals surface area (Å²) in [5, 5.41) is 0. The molecule has 2 aliphatic heterocycles. The number of aromatic amines is 1. The minimum Gasteiger partial charge on any atom is -0.381 e. The number of ether oxygens (including phenoxy) is 2. The van der Waals surface area contributed by atoms with Crippen LogP contribution < -0.4 is 0 Å². The predicted octanol–water partition coefficient (Wildman–Crippen LogP) is 2.00.